The molecule has 158 valence electrons. The number of nitrogens with one attached hydrogen (secondary N) is 3. The van der Waals surface area contributed by atoms with Gasteiger partial charge in [-0.1, -0.05) is 30.3 Å². The lowest BCUT2D eigenvalue weighted by Gasteiger charge is -2.10. The fraction of sp³-hybridized carbons (Fsp3) is 0.238. The number of guanidine groups is 1. The molecule has 8 nitrogen and oxygen atoms in total. The number of aromatic nitrogens is 1. The first kappa shape index (κ1) is 21.5. The third kappa shape index (κ3) is 5.68. The normalized spacial score (nSPS) is 12.0. The second kappa shape index (κ2) is 10.0. The fourth-order valence-electron chi connectivity index (χ4n) is 2.72. The van der Waals surface area contributed by atoms with E-state index in [1.807, 2.05) is 43.3 Å². The molecule has 2 aromatic carbocycles. The van der Waals surface area contributed by atoms with Gasteiger partial charge in [-0.05, 0) is 43.8 Å². The van der Waals surface area contributed by atoms with Gasteiger partial charge < -0.3 is 15.1 Å². The molecule has 0 fully saturated rings. The van der Waals surface area contributed by atoms with Crippen LogP contribution in [0.3, 0.4) is 0 Å². The zero-order chi connectivity index (χ0) is 21.4. The molecule has 0 spiro atoms. The maximum absolute atomic E-state index is 12.0. The first-order valence-electron chi connectivity index (χ1n) is 9.56. The van der Waals surface area contributed by atoms with E-state index in [4.69, 9.17) is 4.42 Å². The Kier molecular flexibility index (Phi) is 7.21. The Morgan fingerprint density at radius 1 is 1.10 bits per heavy atom. The van der Waals surface area contributed by atoms with Crippen LogP contribution in [0.4, 0.5) is 0 Å². The Hall–Kier alpha value is -3.17. The van der Waals surface area contributed by atoms with E-state index < -0.39 is 10.0 Å². The van der Waals surface area contributed by atoms with Crippen molar-refractivity contribution in [1.82, 2.24) is 20.3 Å². The van der Waals surface area contributed by atoms with Gasteiger partial charge in [0.25, 0.3) is 0 Å². The van der Waals surface area contributed by atoms with E-state index in [0.29, 0.717) is 31.5 Å². The molecule has 0 saturated heterocycles. The van der Waals surface area contributed by atoms with Crippen LogP contribution in [0, 0.1) is 0 Å². The Balaban J connectivity index is 1.66. The number of nitrogens with zero attached hydrogens (tertiary/aromatic N) is 2. The number of benzene rings is 2. The lowest BCUT2D eigenvalue weighted by atomic mass is 10.2. The molecule has 3 N–H and O–H groups in total. The molecule has 0 bridgehead atoms. The first-order chi connectivity index (χ1) is 14.5. The van der Waals surface area contributed by atoms with E-state index in [-0.39, 0.29) is 4.90 Å². The van der Waals surface area contributed by atoms with Crippen LogP contribution in [0.5, 0.6) is 0 Å². The van der Waals surface area contributed by atoms with E-state index >= 15 is 0 Å². The molecular formula is C21H25N5O3S. The van der Waals surface area contributed by atoms with Gasteiger partial charge in [0.2, 0.25) is 15.9 Å². The van der Waals surface area contributed by atoms with Gasteiger partial charge in [0.05, 0.1) is 23.7 Å². The summed E-state index contributed by atoms with van der Waals surface area (Å²) in [7, 11) is -2.10. The molecule has 0 unspecified atom stereocenters. The van der Waals surface area contributed by atoms with Gasteiger partial charge in [0.15, 0.2) is 5.96 Å². The minimum Gasteiger partial charge on any atom is -0.444 e. The van der Waals surface area contributed by atoms with E-state index in [2.05, 4.69) is 25.3 Å². The summed E-state index contributed by atoms with van der Waals surface area (Å²) in [5, 5.41) is 6.38. The summed E-state index contributed by atoms with van der Waals surface area (Å²) in [4.78, 5) is 9.24. The Morgan fingerprint density at radius 2 is 1.90 bits per heavy atom. The van der Waals surface area contributed by atoms with Crippen molar-refractivity contribution in [3.8, 4) is 11.5 Å². The molecule has 0 aliphatic rings. The highest BCUT2D eigenvalue weighted by Crippen LogP contribution is 2.17. The molecule has 0 radical (unpaired) electrons. The van der Waals surface area contributed by atoms with Crippen LogP contribution in [0.15, 0.2) is 75.2 Å². The molecule has 9 heteroatoms. The van der Waals surface area contributed by atoms with Crippen molar-refractivity contribution in [2.45, 2.75) is 24.9 Å². The van der Waals surface area contributed by atoms with Crippen LogP contribution in [0.1, 0.15) is 18.2 Å². The lowest BCUT2D eigenvalue weighted by molar-refractivity contribution is 0.572. The zero-order valence-electron chi connectivity index (χ0n) is 16.9. The van der Waals surface area contributed by atoms with Crippen LogP contribution >= 0.6 is 0 Å². The number of hydrogen-bond donors (Lipinski definition) is 3. The molecule has 3 rings (SSSR count). The average Bonchev–Trinajstić information content (AvgIpc) is 3.25. The van der Waals surface area contributed by atoms with Crippen molar-refractivity contribution < 1.29 is 12.8 Å². The van der Waals surface area contributed by atoms with Gasteiger partial charge in [0.1, 0.15) is 6.26 Å². The van der Waals surface area contributed by atoms with Crippen molar-refractivity contribution in [2.75, 3.05) is 13.6 Å². The molecule has 3 aromatic rings. The van der Waals surface area contributed by atoms with Gasteiger partial charge in [-0.3, -0.25) is 0 Å². The van der Waals surface area contributed by atoms with Gasteiger partial charge in [-0.15, -0.1) is 0 Å². The number of aliphatic imine (C=N–C) groups is 1. The summed E-state index contributed by atoms with van der Waals surface area (Å²) in [6, 6.07) is 16.4. The maximum atomic E-state index is 12.0. The van der Waals surface area contributed by atoms with Crippen LogP contribution in [0.25, 0.3) is 11.5 Å². The minimum absolute atomic E-state index is 0.215. The molecule has 30 heavy (non-hydrogen) atoms. The zero-order valence-corrected chi connectivity index (χ0v) is 17.7. The van der Waals surface area contributed by atoms with Crippen molar-refractivity contribution in [2.24, 2.45) is 4.99 Å². The lowest BCUT2D eigenvalue weighted by Crippen LogP contribution is -2.36. The van der Waals surface area contributed by atoms with Crippen molar-refractivity contribution in [1.29, 1.82) is 0 Å². The monoisotopic (exact) mass is 427 g/mol. The Bertz CT molecular complexity index is 1090. The molecule has 0 saturated carbocycles. The largest absolute Gasteiger partial charge is 0.444 e. The van der Waals surface area contributed by atoms with Crippen LogP contribution in [-0.4, -0.2) is 33.0 Å². The first-order valence-corrected chi connectivity index (χ1v) is 11.0. The third-order valence-corrected chi connectivity index (χ3v) is 5.66. The summed E-state index contributed by atoms with van der Waals surface area (Å²) in [6.45, 7) is 3.43. The highest BCUT2D eigenvalue weighted by atomic mass is 32.2. The quantitative estimate of drug-likeness (QED) is 0.377. The van der Waals surface area contributed by atoms with Crippen molar-refractivity contribution >= 4 is 16.0 Å². The second-order valence-electron chi connectivity index (χ2n) is 6.41. The molecule has 0 aliphatic heterocycles. The van der Waals surface area contributed by atoms with E-state index in [0.717, 1.165) is 16.8 Å². The number of oxazole rings is 1. The van der Waals surface area contributed by atoms with Crippen LogP contribution < -0.4 is 15.4 Å². The number of rotatable bonds is 8. The van der Waals surface area contributed by atoms with Gasteiger partial charge >= 0.3 is 0 Å². The fourth-order valence-corrected chi connectivity index (χ4v) is 3.52. The summed E-state index contributed by atoms with van der Waals surface area (Å²) in [5.41, 5.74) is 2.46. The number of hydrogen-bond acceptors (Lipinski definition) is 5. The topological polar surface area (TPSA) is 109 Å². The highest BCUT2D eigenvalue weighted by molar-refractivity contribution is 7.89. The van der Waals surface area contributed by atoms with E-state index in [1.54, 1.807) is 24.5 Å². The van der Waals surface area contributed by atoms with Crippen LogP contribution in [0.2, 0.25) is 0 Å². The van der Waals surface area contributed by atoms with E-state index in [1.165, 1.54) is 7.05 Å². The van der Waals surface area contributed by atoms with Gasteiger partial charge in [-0.25, -0.2) is 23.1 Å². The molecule has 1 aromatic heterocycles. The van der Waals surface area contributed by atoms with Crippen molar-refractivity contribution in [3.05, 3.63) is 72.1 Å². The predicted molar refractivity (Wildman–Crippen MR) is 116 cm³/mol. The smallest absolute Gasteiger partial charge is 0.240 e. The molecule has 0 atom stereocenters. The van der Waals surface area contributed by atoms with E-state index in [9.17, 15) is 8.42 Å². The average molecular weight is 428 g/mol. The highest BCUT2D eigenvalue weighted by Gasteiger charge is 2.11. The second-order valence-corrected chi connectivity index (χ2v) is 8.30. The molecule has 0 amide bonds. The third-order valence-electron chi connectivity index (χ3n) is 4.25. The summed E-state index contributed by atoms with van der Waals surface area (Å²) < 4.78 is 31.8. The minimum atomic E-state index is -3.48. The summed E-state index contributed by atoms with van der Waals surface area (Å²) in [6.07, 6.45) is 1.62. The summed E-state index contributed by atoms with van der Waals surface area (Å²) >= 11 is 0. The standard InChI is InChI=1S/C21H25N5O3S/c1-3-23-21(24-13-16-8-7-11-19(12-16)30(27,28)22-2)25-14-18-15-29-20(26-18)17-9-5-4-6-10-17/h4-12,15,22H,3,13-14H2,1-2H3,(H2,23,24,25). The molecule has 1 heterocycles. The Labute approximate surface area is 176 Å². The van der Waals surface area contributed by atoms with Crippen LogP contribution in [-0.2, 0) is 23.1 Å². The van der Waals surface area contributed by atoms with Crippen molar-refractivity contribution in [3.63, 3.8) is 0 Å². The summed E-state index contributed by atoms with van der Waals surface area (Å²) in [5.74, 6) is 1.17. The predicted octanol–water partition coefficient (Wildman–Crippen LogP) is 2.51. The maximum Gasteiger partial charge on any atom is 0.240 e. The SMILES string of the molecule is CCNC(=NCc1cccc(S(=O)(=O)NC)c1)NCc1coc(-c2ccccc2)n1. The Morgan fingerprint density at radius 3 is 2.63 bits per heavy atom. The van der Waals surface area contributed by atoms with Gasteiger partial charge in [0, 0.05) is 12.1 Å². The molecule has 0 aliphatic carbocycles. The molecular weight excluding hydrogens is 402 g/mol. The number of sulfonamides is 1. The van der Waals surface area contributed by atoms with Gasteiger partial charge in [-0.2, -0.15) is 0 Å².